The fourth-order valence-electron chi connectivity index (χ4n) is 2.25. The third-order valence-electron chi connectivity index (χ3n) is 3.99. The minimum absolute atomic E-state index is 0.0140. The topological polar surface area (TPSA) is 30.5 Å². The van der Waals surface area contributed by atoms with Crippen LogP contribution in [0.15, 0.2) is 0 Å². The van der Waals surface area contributed by atoms with E-state index in [1.54, 1.807) is 0 Å². The van der Waals surface area contributed by atoms with Gasteiger partial charge in [0.1, 0.15) is 0 Å². The first kappa shape index (κ1) is 11.4. The monoisotopic (exact) mass is 211 g/mol. The lowest BCUT2D eigenvalue weighted by molar-refractivity contribution is 0.00578. The average molecular weight is 211 g/mol. The van der Waals surface area contributed by atoms with E-state index in [2.05, 4.69) is 33.0 Å². The van der Waals surface area contributed by atoms with Gasteiger partial charge in [-0.05, 0) is 59.4 Å². The zero-order valence-corrected chi connectivity index (χ0v) is 10.3. The third-order valence-corrected chi connectivity index (χ3v) is 3.99. The van der Waals surface area contributed by atoms with E-state index in [1.165, 1.54) is 6.42 Å². The molecule has 0 saturated carbocycles. The maximum atomic E-state index is 5.98. The minimum atomic E-state index is -0.177. The molecular weight excluding hydrogens is 189 g/mol. The number of nitrogens with one attached hydrogen (secondary N) is 1. The van der Waals surface area contributed by atoms with Crippen molar-refractivity contribution in [3.05, 3.63) is 0 Å². The van der Waals surface area contributed by atoms with Gasteiger partial charge in [-0.15, -0.1) is 0 Å². The van der Waals surface area contributed by atoms with Crippen molar-refractivity contribution in [3.8, 4) is 0 Å². The van der Waals surface area contributed by atoms with Crippen LogP contribution in [-0.2, 0) is 9.31 Å². The number of rotatable bonds is 2. The van der Waals surface area contributed by atoms with E-state index in [-0.39, 0.29) is 18.3 Å². The lowest BCUT2D eigenvalue weighted by atomic mass is 9.77. The van der Waals surface area contributed by atoms with E-state index in [1.807, 2.05) is 0 Å². The van der Waals surface area contributed by atoms with Crippen LogP contribution in [-0.4, -0.2) is 31.4 Å². The Morgan fingerprint density at radius 3 is 2.27 bits per heavy atom. The molecule has 15 heavy (non-hydrogen) atoms. The van der Waals surface area contributed by atoms with Gasteiger partial charge in [-0.3, -0.25) is 0 Å². The summed E-state index contributed by atoms with van der Waals surface area (Å²) in [6.45, 7) is 10.7. The van der Waals surface area contributed by atoms with Crippen molar-refractivity contribution in [1.29, 1.82) is 0 Å². The molecular formula is C11H22BNO2. The third kappa shape index (κ3) is 2.22. The molecule has 1 atom stereocenters. The van der Waals surface area contributed by atoms with Crippen LogP contribution >= 0.6 is 0 Å². The first-order valence-electron chi connectivity index (χ1n) is 5.97. The van der Waals surface area contributed by atoms with Crippen LogP contribution in [0.4, 0.5) is 0 Å². The molecule has 0 amide bonds. The van der Waals surface area contributed by atoms with Gasteiger partial charge in [0.05, 0.1) is 11.2 Å². The molecule has 2 rings (SSSR count). The highest BCUT2D eigenvalue weighted by Gasteiger charge is 2.51. The van der Waals surface area contributed by atoms with Crippen LogP contribution in [0.1, 0.15) is 34.1 Å². The minimum Gasteiger partial charge on any atom is -0.403 e. The summed E-state index contributed by atoms with van der Waals surface area (Å²) < 4.78 is 12.0. The Kier molecular flexibility index (Phi) is 2.86. The molecule has 0 radical (unpaired) electrons. The molecule has 2 heterocycles. The van der Waals surface area contributed by atoms with Crippen LogP contribution < -0.4 is 5.32 Å². The van der Waals surface area contributed by atoms with Crippen LogP contribution in [0.3, 0.4) is 0 Å². The van der Waals surface area contributed by atoms with Gasteiger partial charge in [-0.2, -0.15) is 0 Å². The van der Waals surface area contributed by atoms with Crippen molar-refractivity contribution in [2.75, 3.05) is 13.1 Å². The highest BCUT2D eigenvalue weighted by atomic mass is 16.7. The van der Waals surface area contributed by atoms with Crippen molar-refractivity contribution in [1.82, 2.24) is 5.32 Å². The maximum Gasteiger partial charge on any atom is 0.458 e. The summed E-state index contributed by atoms with van der Waals surface area (Å²) >= 11 is 0. The smallest absolute Gasteiger partial charge is 0.403 e. The van der Waals surface area contributed by atoms with Gasteiger partial charge in [-0.1, -0.05) is 0 Å². The molecule has 0 spiro atoms. The van der Waals surface area contributed by atoms with E-state index in [4.69, 9.17) is 9.31 Å². The van der Waals surface area contributed by atoms with Crippen molar-refractivity contribution >= 4 is 7.12 Å². The lowest BCUT2D eigenvalue weighted by Gasteiger charge is -2.32. The molecule has 0 aliphatic carbocycles. The summed E-state index contributed by atoms with van der Waals surface area (Å²) in [5.41, 5.74) is -0.354. The molecule has 2 fully saturated rings. The second kappa shape index (κ2) is 3.76. The Bertz CT molecular complexity index is 221. The normalized spacial score (nSPS) is 33.6. The quantitative estimate of drug-likeness (QED) is 0.705. The Labute approximate surface area is 93.0 Å². The highest BCUT2D eigenvalue weighted by molar-refractivity contribution is 6.45. The molecule has 4 heteroatoms. The Hall–Kier alpha value is -0.0551. The summed E-state index contributed by atoms with van der Waals surface area (Å²) in [5, 5.41) is 3.38. The summed E-state index contributed by atoms with van der Waals surface area (Å²) in [7, 11) is -0.0140. The molecule has 2 aliphatic heterocycles. The zero-order chi connectivity index (χ0) is 11.1. The van der Waals surface area contributed by atoms with Crippen LogP contribution in [0, 0.1) is 5.92 Å². The number of hydrogen-bond donors (Lipinski definition) is 1. The fraction of sp³-hybridized carbons (Fsp3) is 1.00. The molecule has 2 saturated heterocycles. The molecule has 1 N–H and O–H groups in total. The molecule has 3 nitrogen and oxygen atoms in total. The van der Waals surface area contributed by atoms with Crippen molar-refractivity contribution in [3.63, 3.8) is 0 Å². The van der Waals surface area contributed by atoms with Crippen molar-refractivity contribution in [2.24, 2.45) is 5.92 Å². The van der Waals surface area contributed by atoms with E-state index < -0.39 is 0 Å². The number of hydrogen-bond acceptors (Lipinski definition) is 3. The van der Waals surface area contributed by atoms with Crippen molar-refractivity contribution < 1.29 is 9.31 Å². The molecule has 0 aromatic heterocycles. The maximum absolute atomic E-state index is 5.98. The highest BCUT2D eigenvalue weighted by Crippen LogP contribution is 2.38. The van der Waals surface area contributed by atoms with Crippen LogP contribution in [0.5, 0.6) is 0 Å². The van der Waals surface area contributed by atoms with Gasteiger partial charge in [0, 0.05) is 0 Å². The predicted octanol–water partition coefficient (Wildman–Crippen LogP) is 1.69. The Morgan fingerprint density at radius 2 is 1.80 bits per heavy atom. The summed E-state index contributed by atoms with van der Waals surface area (Å²) in [6.07, 6.45) is 2.28. The van der Waals surface area contributed by atoms with Gasteiger partial charge in [0.2, 0.25) is 0 Å². The molecule has 0 aromatic rings. The molecule has 2 aliphatic rings. The van der Waals surface area contributed by atoms with Gasteiger partial charge >= 0.3 is 7.12 Å². The SMILES string of the molecule is CC1(C)OB(CC2CCNC2)OC1(C)C. The van der Waals surface area contributed by atoms with E-state index in [0.717, 1.165) is 25.3 Å². The van der Waals surface area contributed by atoms with E-state index in [0.29, 0.717) is 0 Å². The van der Waals surface area contributed by atoms with Gasteiger partial charge in [0.25, 0.3) is 0 Å². The fourth-order valence-corrected chi connectivity index (χ4v) is 2.25. The Morgan fingerprint density at radius 1 is 1.20 bits per heavy atom. The molecule has 86 valence electrons. The lowest BCUT2D eigenvalue weighted by Crippen LogP contribution is -2.41. The standard InChI is InChI=1S/C11H22BNO2/c1-10(2)11(3,4)15-12(14-10)7-9-5-6-13-8-9/h9,13H,5-8H2,1-4H3. The summed E-state index contributed by atoms with van der Waals surface area (Å²) in [5.74, 6) is 0.722. The van der Waals surface area contributed by atoms with Crippen molar-refractivity contribution in [2.45, 2.75) is 51.6 Å². The summed E-state index contributed by atoms with van der Waals surface area (Å²) in [6, 6.07) is 0. The first-order valence-corrected chi connectivity index (χ1v) is 5.97. The average Bonchev–Trinajstić information content (AvgIpc) is 2.59. The van der Waals surface area contributed by atoms with Crippen LogP contribution in [0.25, 0.3) is 0 Å². The first-order chi connectivity index (χ1) is 6.91. The predicted molar refractivity (Wildman–Crippen MR) is 61.9 cm³/mol. The largest absolute Gasteiger partial charge is 0.458 e. The zero-order valence-electron chi connectivity index (χ0n) is 10.3. The van der Waals surface area contributed by atoms with Gasteiger partial charge in [-0.25, -0.2) is 0 Å². The van der Waals surface area contributed by atoms with Gasteiger partial charge in [0.15, 0.2) is 0 Å². The second-order valence-electron chi connectivity index (χ2n) is 5.78. The second-order valence-corrected chi connectivity index (χ2v) is 5.78. The van der Waals surface area contributed by atoms with E-state index >= 15 is 0 Å². The van der Waals surface area contributed by atoms with Crippen LogP contribution in [0.2, 0.25) is 6.32 Å². The van der Waals surface area contributed by atoms with E-state index in [9.17, 15) is 0 Å². The molecule has 0 aromatic carbocycles. The molecule has 0 bridgehead atoms. The van der Waals surface area contributed by atoms with Gasteiger partial charge < -0.3 is 14.6 Å². The Balaban J connectivity index is 1.91. The molecule has 1 unspecified atom stereocenters. The summed E-state index contributed by atoms with van der Waals surface area (Å²) in [4.78, 5) is 0.